The van der Waals surface area contributed by atoms with Crippen molar-refractivity contribution >= 4 is 11.6 Å². The van der Waals surface area contributed by atoms with Crippen molar-refractivity contribution < 1.29 is 9.53 Å². The fourth-order valence-electron chi connectivity index (χ4n) is 2.71. The van der Waals surface area contributed by atoms with Crippen molar-refractivity contribution in [3.8, 4) is 5.75 Å². The predicted octanol–water partition coefficient (Wildman–Crippen LogP) is 3.51. The fraction of sp³-hybridized carbons (Fsp3) is 0.588. The van der Waals surface area contributed by atoms with Crippen LogP contribution in [0.2, 0.25) is 0 Å². The average Bonchev–Trinajstić information content (AvgIpc) is 2.75. The Hall–Kier alpha value is -1.71. The minimum absolute atomic E-state index is 0.0248. The van der Waals surface area contributed by atoms with Crippen LogP contribution in [0.15, 0.2) is 18.2 Å². The molecule has 116 valence electrons. The van der Waals surface area contributed by atoms with Crippen LogP contribution in [0.25, 0.3) is 0 Å². The lowest BCUT2D eigenvalue weighted by Gasteiger charge is -2.17. The van der Waals surface area contributed by atoms with Crippen molar-refractivity contribution in [3.05, 3.63) is 23.8 Å². The molecular weight excluding hydrogens is 264 g/mol. The molecule has 1 saturated carbocycles. The summed E-state index contributed by atoms with van der Waals surface area (Å²) >= 11 is 0. The molecule has 3 N–H and O–H groups in total. The van der Waals surface area contributed by atoms with Crippen molar-refractivity contribution in [3.63, 3.8) is 0 Å². The number of benzene rings is 1. The summed E-state index contributed by atoms with van der Waals surface area (Å²) in [5.74, 6) is 0.577. The van der Waals surface area contributed by atoms with E-state index in [0.717, 1.165) is 19.3 Å². The van der Waals surface area contributed by atoms with E-state index in [2.05, 4.69) is 5.32 Å². The van der Waals surface area contributed by atoms with Crippen LogP contribution in [0, 0.1) is 0 Å². The topological polar surface area (TPSA) is 64.3 Å². The third-order valence-electron chi connectivity index (χ3n) is 3.93. The molecule has 0 bridgehead atoms. The zero-order valence-electron chi connectivity index (χ0n) is 12.9. The first-order valence-corrected chi connectivity index (χ1v) is 8.04. The summed E-state index contributed by atoms with van der Waals surface area (Å²) in [4.78, 5) is 12.4. The van der Waals surface area contributed by atoms with Crippen LogP contribution in [0.4, 0.5) is 5.69 Å². The van der Waals surface area contributed by atoms with E-state index in [0.29, 0.717) is 29.6 Å². The van der Waals surface area contributed by atoms with Crippen molar-refractivity contribution in [2.75, 3.05) is 12.3 Å². The Labute approximate surface area is 127 Å². The van der Waals surface area contributed by atoms with Gasteiger partial charge in [0.2, 0.25) is 0 Å². The maximum atomic E-state index is 12.4. The summed E-state index contributed by atoms with van der Waals surface area (Å²) in [6, 6.07) is 5.56. The zero-order chi connectivity index (χ0) is 15.1. The lowest BCUT2D eigenvalue weighted by atomic mass is 10.1. The number of hydrogen-bond donors (Lipinski definition) is 2. The third-order valence-corrected chi connectivity index (χ3v) is 3.93. The van der Waals surface area contributed by atoms with E-state index in [-0.39, 0.29) is 5.91 Å². The normalized spacial score (nSPS) is 16.2. The second-order valence-electron chi connectivity index (χ2n) is 5.76. The molecule has 0 spiro atoms. The third kappa shape index (κ3) is 4.66. The van der Waals surface area contributed by atoms with Crippen LogP contribution in [0.5, 0.6) is 5.75 Å². The first-order valence-electron chi connectivity index (χ1n) is 8.04. The lowest BCUT2D eigenvalue weighted by molar-refractivity contribution is 0.0933. The molecule has 21 heavy (non-hydrogen) atoms. The van der Waals surface area contributed by atoms with Gasteiger partial charge in [0.15, 0.2) is 0 Å². The minimum Gasteiger partial charge on any atom is -0.491 e. The van der Waals surface area contributed by atoms with Crippen LogP contribution < -0.4 is 15.8 Å². The monoisotopic (exact) mass is 290 g/mol. The number of rotatable bonds is 5. The van der Waals surface area contributed by atoms with Crippen molar-refractivity contribution in [1.82, 2.24) is 5.32 Å². The summed E-state index contributed by atoms with van der Waals surface area (Å²) in [5.41, 5.74) is 7.08. The summed E-state index contributed by atoms with van der Waals surface area (Å²) in [6.45, 7) is 2.65. The first-order chi connectivity index (χ1) is 10.2. The van der Waals surface area contributed by atoms with E-state index < -0.39 is 0 Å². The number of carbonyl (C=O) groups is 1. The summed E-state index contributed by atoms with van der Waals surface area (Å²) in [6.07, 6.45) is 8.05. The van der Waals surface area contributed by atoms with E-state index in [1.807, 2.05) is 6.92 Å². The Bertz CT molecular complexity index is 466. The number of amides is 1. The number of carbonyl (C=O) groups excluding carboxylic acids is 1. The zero-order valence-corrected chi connectivity index (χ0v) is 12.9. The summed E-state index contributed by atoms with van der Waals surface area (Å²) in [5, 5.41) is 3.14. The van der Waals surface area contributed by atoms with Gasteiger partial charge in [0.25, 0.3) is 5.91 Å². The number of nitrogen functional groups attached to an aromatic ring is 1. The van der Waals surface area contributed by atoms with E-state index in [1.165, 1.54) is 25.7 Å². The SMILES string of the molecule is CCCOc1cc(C(=O)NC2CCCCCC2)ccc1N. The molecule has 0 radical (unpaired) electrons. The van der Waals surface area contributed by atoms with Gasteiger partial charge in [0, 0.05) is 11.6 Å². The van der Waals surface area contributed by atoms with Crippen LogP contribution in [-0.2, 0) is 0 Å². The van der Waals surface area contributed by atoms with Gasteiger partial charge in [0.1, 0.15) is 5.75 Å². The maximum absolute atomic E-state index is 12.4. The Morgan fingerprint density at radius 1 is 1.29 bits per heavy atom. The van der Waals surface area contributed by atoms with Gasteiger partial charge in [-0.1, -0.05) is 32.6 Å². The molecule has 0 aromatic heterocycles. The highest BCUT2D eigenvalue weighted by Gasteiger charge is 2.16. The number of nitrogens with one attached hydrogen (secondary N) is 1. The Kier molecular flexibility index (Phi) is 5.90. The highest BCUT2D eigenvalue weighted by Crippen LogP contribution is 2.23. The van der Waals surface area contributed by atoms with Crippen LogP contribution in [0.1, 0.15) is 62.2 Å². The van der Waals surface area contributed by atoms with E-state index in [4.69, 9.17) is 10.5 Å². The molecule has 1 aromatic carbocycles. The Morgan fingerprint density at radius 3 is 2.67 bits per heavy atom. The van der Waals surface area contributed by atoms with Gasteiger partial charge < -0.3 is 15.8 Å². The highest BCUT2D eigenvalue weighted by molar-refractivity contribution is 5.95. The number of hydrogen-bond acceptors (Lipinski definition) is 3. The van der Waals surface area contributed by atoms with Gasteiger partial charge in [-0.25, -0.2) is 0 Å². The van der Waals surface area contributed by atoms with Gasteiger partial charge in [-0.3, -0.25) is 4.79 Å². The predicted molar refractivity (Wildman–Crippen MR) is 85.6 cm³/mol. The molecule has 1 amide bonds. The van der Waals surface area contributed by atoms with E-state index in [9.17, 15) is 4.79 Å². The van der Waals surface area contributed by atoms with Gasteiger partial charge in [-0.2, -0.15) is 0 Å². The molecule has 4 heteroatoms. The summed E-state index contributed by atoms with van der Waals surface area (Å²) in [7, 11) is 0. The largest absolute Gasteiger partial charge is 0.491 e. The standard InChI is InChI=1S/C17H26N2O2/c1-2-11-21-16-12-13(9-10-15(16)18)17(20)19-14-7-5-3-4-6-8-14/h9-10,12,14H,2-8,11,18H2,1H3,(H,19,20). The molecule has 0 unspecified atom stereocenters. The molecule has 0 saturated heterocycles. The van der Waals surface area contributed by atoms with Gasteiger partial charge >= 0.3 is 0 Å². The Balaban J connectivity index is 2.00. The number of nitrogens with two attached hydrogens (primary N) is 1. The van der Waals surface area contributed by atoms with Gasteiger partial charge in [-0.15, -0.1) is 0 Å². The molecule has 1 fully saturated rings. The molecular formula is C17H26N2O2. The second-order valence-corrected chi connectivity index (χ2v) is 5.76. The molecule has 1 aliphatic carbocycles. The van der Waals surface area contributed by atoms with Crippen LogP contribution >= 0.6 is 0 Å². The number of ether oxygens (including phenoxy) is 1. The molecule has 4 nitrogen and oxygen atoms in total. The maximum Gasteiger partial charge on any atom is 0.251 e. The fourth-order valence-corrected chi connectivity index (χ4v) is 2.71. The van der Waals surface area contributed by atoms with Gasteiger partial charge in [0.05, 0.1) is 12.3 Å². The molecule has 1 aliphatic rings. The quantitative estimate of drug-likeness (QED) is 0.644. The molecule has 2 rings (SSSR count). The van der Waals surface area contributed by atoms with Crippen LogP contribution in [-0.4, -0.2) is 18.6 Å². The first kappa shape index (κ1) is 15.7. The van der Waals surface area contributed by atoms with Crippen LogP contribution in [0.3, 0.4) is 0 Å². The molecule has 0 aliphatic heterocycles. The Morgan fingerprint density at radius 2 is 2.00 bits per heavy atom. The molecule has 1 aromatic rings. The van der Waals surface area contributed by atoms with Crippen molar-refractivity contribution in [2.45, 2.75) is 57.9 Å². The average molecular weight is 290 g/mol. The van der Waals surface area contributed by atoms with E-state index in [1.54, 1.807) is 18.2 Å². The van der Waals surface area contributed by atoms with Gasteiger partial charge in [-0.05, 0) is 37.5 Å². The van der Waals surface area contributed by atoms with Crippen molar-refractivity contribution in [1.29, 1.82) is 0 Å². The number of anilines is 1. The van der Waals surface area contributed by atoms with Crippen molar-refractivity contribution in [2.24, 2.45) is 0 Å². The second kappa shape index (κ2) is 7.91. The van der Waals surface area contributed by atoms with E-state index >= 15 is 0 Å². The molecule has 0 atom stereocenters. The molecule has 0 heterocycles. The summed E-state index contributed by atoms with van der Waals surface area (Å²) < 4.78 is 5.58. The lowest BCUT2D eigenvalue weighted by Crippen LogP contribution is -2.34. The minimum atomic E-state index is -0.0248. The smallest absolute Gasteiger partial charge is 0.251 e. The highest BCUT2D eigenvalue weighted by atomic mass is 16.5.